The average Bonchev–Trinajstić information content (AvgIpc) is 2.90. The molecule has 38 heavy (non-hydrogen) atoms. The Kier molecular flexibility index (Phi) is 11.6. The van der Waals surface area contributed by atoms with E-state index in [1.54, 1.807) is 31.2 Å². The summed E-state index contributed by atoms with van der Waals surface area (Å²) in [6.45, 7) is 5.37. The highest BCUT2D eigenvalue weighted by molar-refractivity contribution is 5.97. The number of anilines is 1. The SMILES string of the molecule is CCOCC(C)C(=O)NCC(=O)N[C@@H](C)C(=O)Nc1ccc(COC(=O)Oc2ccc([N+](=O)[O-])cc2)cc1. The molecule has 2 aromatic rings. The summed E-state index contributed by atoms with van der Waals surface area (Å²) < 4.78 is 15.2. The predicted molar refractivity (Wildman–Crippen MR) is 135 cm³/mol. The van der Waals surface area contributed by atoms with Crippen LogP contribution in [0.25, 0.3) is 0 Å². The van der Waals surface area contributed by atoms with Crippen molar-refractivity contribution in [3.63, 3.8) is 0 Å². The molecule has 0 spiro atoms. The van der Waals surface area contributed by atoms with Gasteiger partial charge in [0.05, 0.1) is 24.0 Å². The van der Waals surface area contributed by atoms with Gasteiger partial charge in [0, 0.05) is 24.4 Å². The fourth-order valence-electron chi connectivity index (χ4n) is 2.91. The summed E-state index contributed by atoms with van der Waals surface area (Å²) in [7, 11) is 0. The van der Waals surface area contributed by atoms with Gasteiger partial charge in [-0.15, -0.1) is 0 Å². The van der Waals surface area contributed by atoms with Crippen molar-refractivity contribution in [2.75, 3.05) is 25.1 Å². The molecule has 3 N–H and O–H groups in total. The van der Waals surface area contributed by atoms with Crippen LogP contribution in [0.4, 0.5) is 16.2 Å². The summed E-state index contributed by atoms with van der Waals surface area (Å²) >= 11 is 0. The van der Waals surface area contributed by atoms with Crippen molar-refractivity contribution in [2.45, 2.75) is 33.4 Å². The van der Waals surface area contributed by atoms with E-state index in [1.807, 2.05) is 6.92 Å². The number of benzene rings is 2. The van der Waals surface area contributed by atoms with Crippen LogP contribution in [-0.4, -0.2) is 54.6 Å². The quantitative estimate of drug-likeness (QED) is 0.152. The first-order chi connectivity index (χ1) is 18.1. The summed E-state index contributed by atoms with van der Waals surface area (Å²) in [6, 6.07) is 10.5. The first-order valence-electron chi connectivity index (χ1n) is 11.7. The fourth-order valence-corrected chi connectivity index (χ4v) is 2.91. The van der Waals surface area contributed by atoms with Crippen LogP contribution in [0.15, 0.2) is 48.5 Å². The molecule has 0 aliphatic heterocycles. The molecule has 0 radical (unpaired) electrons. The van der Waals surface area contributed by atoms with Gasteiger partial charge in [0.1, 0.15) is 18.4 Å². The maximum atomic E-state index is 12.4. The van der Waals surface area contributed by atoms with E-state index in [1.165, 1.54) is 31.2 Å². The number of rotatable bonds is 13. The van der Waals surface area contributed by atoms with Gasteiger partial charge in [-0.05, 0) is 43.7 Å². The van der Waals surface area contributed by atoms with Gasteiger partial charge in [0.15, 0.2) is 0 Å². The molecule has 0 aliphatic rings. The first kappa shape index (κ1) is 29.7. The van der Waals surface area contributed by atoms with E-state index < -0.39 is 34.9 Å². The van der Waals surface area contributed by atoms with Crippen LogP contribution in [-0.2, 0) is 30.5 Å². The predicted octanol–water partition coefficient (Wildman–Crippen LogP) is 2.54. The maximum Gasteiger partial charge on any atom is 0.514 e. The molecule has 13 heteroatoms. The van der Waals surface area contributed by atoms with Gasteiger partial charge in [-0.2, -0.15) is 0 Å². The van der Waals surface area contributed by atoms with Crippen LogP contribution in [0.5, 0.6) is 5.75 Å². The number of nitrogens with zero attached hydrogens (tertiary/aromatic N) is 1. The first-order valence-corrected chi connectivity index (χ1v) is 11.7. The molecule has 2 atom stereocenters. The lowest BCUT2D eigenvalue weighted by Crippen LogP contribution is -2.46. The molecule has 0 saturated carbocycles. The Morgan fingerprint density at radius 2 is 1.63 bits per heavy atom. The molecule has 204 valence electrons. The van der Waals surface area contributed by atoms with Gasteiger partial charge in [0.2, 0.25) is 17.7 Å². The average molecular weight is 531 g/mol. The molecule has 0 aromatic heterocycles. The Hall–Kier alpha value is -4.52. The van der Waals surface area contributed by atoms with Crippen molar-refractivity contribution < 1.29 is 38.3 Å². The smallest absolute Gasteiger partial charge is 0.429 e. The lowest BCUT2D eigenvalue weighted by Gasteiger charge is -2.16. The fraction of sp³-hybridized carbons (Fsp3) is 0.360. The minimum atomic E-state index is -0.985. The zero-order valence-electron chi connectivity index (χ0n) is 21.2. The van der Waals surface area contributed by atoms with E-state index in [0.717, 1.165) is 0 Å². The molecule has 1 unspecified atom stereocenters. The van der Waals surface area contributed by atoms with Crippen LogP contribution in [0, 0.1) is 16.0 Å². The van der Waals surface area contributed by atoms with E-state index >= 15 is 0 Å². The summed E-state index contributed by atoms with van der Waals surface area (Å²) in [5.74, 6) is -1.62. The van der Waals surface area contributed by atoms with Crippen molar-refractivity contribution in [2.24, 2.45) is 5.92 Å². The molecular formula is C25H30N4O9. The topological polar surface area (TPSA) is 175 Å². The number of nitro benzene ring substituents is 1. The highest BCUT2D eigenvalue weighted by Crippen LogP contribution is 2.18. The monoisotopic (exact) mass is 530 g/mol. The van der Waals surface area contributed by atoms with Gasteiger partial charge in [-0.25, -0.2) is 4.79 Å². The molecule has 3 amide bonds. The summed E-state index contributed by atoms with van der Waals surface area (Å²) in [5, 5.41) is 18.3. The van der Waals surface area contributed by atoms with Crippen molar-refractivity contribution in [3.05, 3.63) is 64.2 Å². The molecule has 13 nitrogen and oxygen atoms in total. The maximum absolute atomic E-state index is 12.4. The Bertz CT molecular complexity index is 1120. The standard InChI is InChI=1S/C25H30N4O9/c1-4-36-14-16(2)23(31)26-13-22(30)27-17(3)24(32)28-19-7-5-18(6-8-19)15-37-25(33)38-21-11-9-20(10-12-21)29(34)35/h5-12,16-17H,4,13-15H2,1-3H3,(H,26,31)(H,27,30)(H,28,32)/t16?,17-/m0/s1. The van der Waals surface area contributed by atoms with Gasteiger partial charge < -0.3 is 30.2 Å². The number of carbonyl (C=O) groups excluding carboxylic acids is 4. The van der Waals surface area contributed by atoms with Gasteiger partial charge in [-0.1, -0.05) is 19.1 Å². The lowest BCUT2D eigenvalue weighted by molar-refractivity contribution is -0.384. The Morgan fingerprint density at radius 3 is 2.24 bits per heavy atom. The number of ether oxygens (including phenoxy) is 3. The minimum absolute atomic E-state index is 0.0957. The Balaban J connectivity index is 1.73. The van der Waals surface area contributed by atoms with Gasteiger partial charge >= 0.3 is 6.16 Å². The molecule has 0 aliphatic carbocycles. The van der Waals surface area contributed by atoms with Crippen LogP contribution >= 0.6 is 0 Å². The second kappa shape index (κ2) is 14.9. The Labute approximate surface area is 219 Å². The molecule has 0 fully saturated rings. The molecule has 2 rings (SSSR count). The summed E-state index contributed by atoms with van der Waals surface area (Å²) in [4.78, 5) is 58.3. The van der Waals surface area contributed by atoms with Crippen molar-refractivity contribution in [1.82, 2.24) is 10.6 Å². The largest absolute Gasteiger partial charge is 0.514 e. The molecule has 0 bridgehead atoms. The van der Waals surface area contributed by atoms with E-state index in [0.29, 0.717) is 17.9 Å². The molecule has 0 saturated heterocycles. The number of hydrogen-bond donors (Lipinski definition) is 3. The molecular weight excluding hydrogens is 500 g/mol. The zero-order valence-corrected chi connectivity index (χ0v) is 21.2. The van der Waals surface area contributed by atoms with Crippen LogP contribution < -0.4 is 20.7 Å². The van der Waals surface area contributed by atoms with E-state index in [2.05, 4.69) is 16.0 Å². The third-order valence-corrected chi connectivity index (χ3v) is 5.04. The van der Waals surface area contributed by atoms with E-state index in [9.17, 15) is 29.3 Å². The van der Waals surface area contributed by atoms with Crippen molar-refractivity contribution >= 4 is 35.3 Å². The number of carbonyl (C=O) groups is 4. The highest BCUT2D eigenvalue weighted by atomic mass is 16.7. The van der Waals surface area contributed by atoms with Gasteiger partial charge in [-0.3, -0.25) is 24.5 Å². The highest BCUT2D eigenvalue weighted by Gasteiger charge is 2.18. The second-order valence-electron chi connectivity index (χ2n) is 8.15. The molecule has 0 heterocycles. The van der Waals surface area contributed by atoms with E-state index in [4.69, 9.17) is 14.2 Å². The number of nitro groups is 1. The zero-order chi connectivity index (χ0) is 28.1. The van der Waals surface area contributed by atoms with Gasteiger partial charge in [0.25, 0.3) is 5.69 Å². The molecule has 2 aromatic carbocycles. The summed E-state index contributed by atoms with van der Waals surface area (Å²) in [5.41, 5.74) is 0.924. The number of nitrogens with one attached hydrogen (secondary N) is 3. The minimum Gasteiger partial charge on any atom is -0.429 e. The van der Waals surface area contributed by atoms with Crippen LogP contribution in [0.2, 0.25) is 0 Å². The normalized spacial score (nSPS) is 12.0. The second-order valence-corrected chi connectivity index (χ2v) is 8.15. The lowest BCUT2D eigenvalue weighted by atomic mass is 10.2. The number of amides is 3. The van der Waals surface area contributed by atoms with Crippen LogP contribution in [0.1, 0.15) is 26.3 Å². The van der Waals surface area contributed by atoms with Crippen molar-refractivity contribution in [1.29, 1.82) is 0 Å². The third-order valence-electron chi connectivity index (χ3n) is 5.04. The van der Waals surface area contributed by atoms with Crippen LogP contribution in [0.3, 0.4) is 0 Å². The van der Waals surface area contributed by atoms with Crippen molar-refractivity contribution in [3.8, 4) is 5.75 Å². The third kappa shape index (κ3) is 10.2. The number of non-ortho nitro benzene ring substituents is 1. The number of hydrogen-bond acceptors (Lipinski definition) is 9. The van der Waals surface area contributed by atoms with E-state index in [-0.39, 0.29) is 37.1 Å². The summed E-state index contributed by atoms with van der Waals surface area (Å²) in [6.07, 6.45) is -0.985. The Morgan fingerprint density at radius 1 is 0.974 bits per heavy atom.